The van der Waals surface area contributed by atoms with E-state index in [0.717, 1.165) is 0 Å². The molecule has 3 heteroatoms. The zero-order chi connectivity index (χ0) is 6.69. The zero-order valence-corrected chi connectivity index (χ0v) is 4.97. The molecule has 0 atom stereocenters. The first-order valence-corrected chi connectivity index (χ1v) is 2.48. The molecule has 47 valence electrons. The quantitative estimate of drug-likeness (QED) is 0.557. The molecule has 0 bridgehead atoms. The van der Waals surface area contributed by atoms with Crippen LogP contribution in [0.15, 0.2) is 12.3 Å². The number of nitrogens with one attached hydrogen (secondary N) is 1. The van der Waals surface area contributed by atoms with Crippen LogP contribution in [-0.2, 0) is 4.74 Å². The van der Waals surface area contributed by atoms with Gasteiger partial charge in [0.2, 0.25) is 0 Å². The van der Waals surface area contributed by atoms with E-state index in [1.54, 1.807) is 12.3 Å². The smallest absolute Gasteiger partial charge is 0.340 e. The number of ether oxygens (including phenoxy) is 1. The molecule has 0 fully saturated rings. The molecule has 3 nitrogen and oxygen atoms in total. The van der Waals surface area contributed by atoms with Gasteiger partial charge in [-0.2, -0.15) is 0 Å². The molecule has 1 aromatic rings. The van der Waals surface area contributed by atoms with Crippen LogP contribution < -0.4 is 0 Å². The van der Waals surface area contributed by atoms with Gasteiger partial charge in [-0.3, -0.25) is 0 Å². The van der Waals surface area contributed by atoms with E-state index in [0.29, 0.717) is 5.56 Å². The predicted octanol–water partition coefficient (Wildman–Crippen LogP) is 0.601. The summed E-state index contributed by atoms with van der Waals surface area (Å²) in [6.07, 6.45) is 4.21. The second-order valence-corrected chi connectivity index (χ2v) is 1.51. The van der Waals surface area contributed by atoms with E-state index in [9.17, 15) is 4.79 Å². The Hall–Kier alpha value is -1.25. The number of aromatic nitrogens is 1. The van der Waals surface area contributed by atoms with Crippen LogP contribution in [0.5, 0.6) is 0 Å². The number of esters is 1. The fourth-order valence-corrected chi connectivity index (χ4v) is 0.515. The van der Waals surface area contributed by atoms with Crippen molar-refractivity contribution >= 4 is 5.97 Å². The summed E-state index contributed by atoms with van der Waals surface area (Å²) >= 11 is 0. The van der Waals surface area contributed by atoms with Crippen molar-refractivity contribution < 1.29 is 9.53 Å². The second kappa shape index (κ2) is 2.35. The lowest BCUT2D eigenvalue weighted by molar-refractivity contribution is 0.0600. The van der Waals surface area contributed by atoms with Crippen LogP contribution in [0.4, 0.5) is 0 Å². The zero-order valence-electron chi connectivity index (χ0n) is 4.97. The van der Waals surface area contributed by atoms with Crippen LogP contribution in [0, 0.1) is 6.20 Å². The first-order valence-electron chi connectivity index (χ1n) is 2.48. The molecule has 1 aromatic heterocycles. The first-order chi connectivity index (χ1) is 4.34. The van der Waals surface area contributed by atoms with Gasteiger partial charge in [0.1, 0.15) is 0 Å². The van der Waals surface area contributed by atoms with Gasteiger partial charge < -0.3 is 9.72 Å². The van der Waals surface area contributed by atoms with E-state index in [4.69, 9.17) is 0 Å². The molecular formula is C6H6NO2. The number of rotatable bonds is 1. The fraction of sp³-hybridized carbons (Fsp3) is 0.167. The summed E-state index contributed by atoms with van der Waals surface area (Å²) in [6, 6.07) is 1.60. The van der Waals surface area contributed by atoms with Gasteiger partial charge in [-0.25, -0.2) is 4.79 Å². The van der Waals surface area contributed by atoms with Gasteiger partial charge >= 0.3 is 5.97 Å². The fourth-order valence-electron chi connectivity index (χ4n) is 0.515. The minimum absolute atomic E-state index is 0.365. The van der Waals surface area contributed by atoms with E-state index >= 15 is 0 Å². The number of hydrogen-bond acceptors (Lipinski definition) is 2. The monoisotopic (exact) mass is 124 g/mol. The minimum Gasteiger partial charge on any atom is -0.465 e. The van der Waals surface area contributed by atoms with Crippen molar-refractivity contribution in [3.8, 4) is 0 Å². The highest BCUT2D eigenvalue weighted by atomic mass is 16.5. The van der Waals surface area contributed by atoms with Crippen LogP contribution in [0.25, 0.3) is 0 Å². The lowest BCUT2D eigenvalue weighted by atomic mass is 10.3. The maximum absolute atomic E-state index is 10.6. The van der Waals surface area contributed by atoms with Gasteiger partial charge in [0, 0.05) is 6.20 Å². The van der Waals surface area contributed by atoms with E-state index in [1.807, 2.05) is 0 Å². The molecule has 0 amide bonds. The lowest BCUT2D eigenvalue weighted by Crippen LogP contribution is -1.98. The average molecular weight is 124 g/mol. The molecule has 0 saturated heterocycles. The Bertz CT molecular complexity index is 191. The van der Waals surface area contributed by atoms with Gasteiger partial charge in [-0.1, -0.05) is 0 Å². The Morgan fingerprint density at radius 2 is 2.67 bits per heavy atom. The summed E-state index contributed by atoms with van der Waals surface area (Å²) < 4.78 is 4.40. The van der Waals surface area contributed by atoms with Crippen molar-refractivity contribution in [2.75, 3.05) is 7.11 Å². The van der Waals surface area contributed by atoms with E-state index in [1.165, 1.54) is 7.11 Å². The molecule has 1 heterocycles. The molecule has 1 N–H and O–H groups in total. The van der Waals surface area contributed by atoms with E-state index < -0.39 is 0 Å². The Kier molecular flexibility index (Phi) is 1.53. The van der Waals surface area contributed by atoms with Crippen molar-refractivity contribution in [2.45, 2.75) is 0 Å². The largest absolute Gasteiger partial charge is 0.465 e. The van der Waals surface area contributed by atoms with Crippen molar-refractivity contribution in [1.29, 1.82) is 0 Å². The van der Waals surface area contributed by atoms with Crippen LogP contribution in [0.2, 0.25) is 0 Å². The summed E-state index contributed by atoms with van der Waals surface area (Å²) in [7, 11) is 1.34. The highest BCUT2D eigenvalue weighted by Gasteiger charge is 2.02. The maximum atomic E-state index is 10.6. The molecule has 0 aromatic carbocycles. The topological polar surface area (TPSA) is 42.1 Å². The van der Waals surface area contributed by atoms with Gasteiger partial charge in [-0.15, -0.1) is 0 Å². The number of carbonyl (C=O) groups excluding carboxylic acids is 1. The summed E-state index contributed by atoms with van der Waals surface area (Å²) in [6.45, 7) is 0. The third kappa shape index (κ3) is 1.10. The number of hydrogen-bond donors (Lipinski definition) is 1. The Morgan fingerprint density at radius 3 is 3.11 bits per heavy atom. The van der Waals surface area contributed by atoms with Gasteiger partial charge in [-0.05, 0) is 6.07 Å². The molecular weight excluding hydrogens is 118 g/mol. The highest BCUT2D eigenvalue weighted by Crippen LogP contribution is 1.95. The van der Waals surface area contributed by atoms with E-state index in [2.05, 4.69) is 15.9 Å². The van der Waals surface area contributed by atoms with Crippen molar-refractivity contribution in [3.63, 3.8) is 0 Å². The Morgan fingerprint density at radius 1 is 1.89 bits per heavy atom. The molecule has 1 rings (SSSR count). The normalized spacial score (nSPS) is 9.00. The number of methoxy groups -OCH3 is 1. The molecule has 0 aliphatic heterocycles. The minimum atomic E-state index is -0.365. The maximum Gasteiger partial charge on any atom is 0.340 e. The second-order valence-electron chi connectivity index (χ2n) is 1.51. The van der Waals surface area contributed by atoms with E-state index in [-0.39, 0.29) is 5.97 Å². The van der Waals surface area contributed by atoms with Crippen molar-refractivity contribution in [3.05, 3.63) is 24.0 Å². The third-order valence-corrected chi connectivity index (χ3v) is 0.945. The molecule has 1 radical (unpaired) electrons. The molecule has 0 spiro atoms. The van der Waals surface area contributed by atoms with Gasteiger partial charge in [0.05, 0.1) is 18.9 Å². The Labute approximate surface area is 52.6 Å². The number of aromatic amines is 1. The van der Waals surface area contributed by atoms with Crippen molar-refractivity contribution in [1.82, 2.24) is 4.98 Å². The molecule has 0 unspecified atom stereocenters. The van der Waals surface area contributed by atoms with Gasteiger partial charge in [0.15, 0.2) is 0 Å². The molecule has 0 saturated carbocycles. The Balaban J connectivity index is 2.77. The van der Waals surface area contributed by atoms with Crippen LogP contribution in [-0.4, -0.2) is 18.1 Å². The summed E-state index contributed by atoms with van der Waals surface area (Å²) in [4.78, 5) is 13.2. The molecule has 9 heavy (non-hydrogen) atoms. The van der Waals surface area contributed by atoms with Crippen LogP contribution >= 0.6 is 0 Å². The van der Waals surface area contributed by atoms with Gasteiger partial charge in [0.25, 0.3) is 0 Å². The molecule has 0 aliphatic carbocycles. The average Bonchev–Trinajstić information content (AvgIpc) is 2.37. The number of H-pyrrole nitrogens is 1. The summed E-state index contributed by atoms with van der Waals surface area (Å²) in [5.41, 5.74) is 0.428. The lowest BCUT2D eigenvalue weighted by Gasteiger charge is -1.89. The van der Waals surface area contributed by atoms with Crippen molar-refractivity contribution in [2.24, 2.45) is 0 Å². The van der Waals surface area contributed by atoms with Crippen LogP contribution in [0.1, 0.15) is 10.4 Å². The molecule has 0 aliphatic rings. The SMILES string of the molecule is COC(=O)c1[c][nH]cc1. The number of carbonyl (C=O) groups is 1. The predicted molar refractivity (Wildman–Crippen MR) is 31.0 cm³/mol. The third-order valence-electron chi connectivity index (χ3n) is 0.945. The summed E-state index contributed by atoms with van der Waals surface area (Å²) in [5.74, 6) is -0.365. The summed E-state index contributed by atoms with van der Waals surface area (Å²) in [5, 5.41) is 0. The standard InChI is InChI=1S/C6H6NO2/c1-9-6(8)5-2-3-7-4-5/h2-3,7H,1H3. The first kappa shape index (κ1) is 5.88. The van der Waals surface area contributed by atoms with Crippen LogP contribution in [0.3, 0.4) is 0 Å². The highest BCUT2D eigenvalue weighted by molar-refractivity contribution is 5.88.